The van der Waals surface area contributed by atoms with E-state index < -0.39 is 28.8 Å². The van der Waals surface area contributed by atoms with Gasteiger partial charge in [0.25, 0.3) is 5.91 Å². The molecule has 1 N–H and O–H groups in total. The van der Waals surface area contributed by atoms with Crippen LogP contribution < -0.4 is 10.7 Å². The molecule has 0 fully saturated rings. The van der Waals surface area contributed by atoms with Crippen LogP contribution in [0.15, 0.2) is 57.7 Å². The van der Waals surface area contributed by atoms with Gasteiger partial charge in [-0.25, -0.2) is 0 Å². The van der Waals surface area contributed by atoms with E-state index in [4.69, 9.17) is 4.42 Å². The average molecular weight is 361 g/mol. The predicted molar refractivity (Wildman–Crippen MR) is 91.3 cm³/mol. The minimum absolute atomic E-state index is 0.198. The number of hydrogen-bond donors (Lipinski definition) is 1. The van der Waals surface area contributed by atoms with Crippen molar-refractivity contribution in [3.63, 3.8) is 0 Å². The first-order chi connectivity index (χ1) is 12.3. The third-order valence-corrected chi connectivity index (χ3v) is 3.90. The lowest BCUT2D eigenvalue weighted by molar-refractivity contribution is -0.136. The Morgan fingerprint density at radius 1 is 1.12 bits per heavy atom. The molecule has 0 unspecified atom stereocenters. The van der Waals surface area contributed by atoms with Gasteiger partial charge in [-0.1, -0.05) is 25.1 Å². The fraction of sp³-hybridized carbons (Fsp3) is 0.158. The van der Waals surface area contributed by atoms with E-state index in [-0.39, 0.29) is 11.3 Å². The second-order valence-electron chi connectivity index (χ2n) is 5.66. The molecular formula is C19H14F3NO3. The van der Waals surface area contributed by atoms with Gasteiger partial charge in [-0.05, 0) is 36.2 Å². The highest BCUT2D eigenvalue weighted by molar-refractivity contribution is 6.03. The van der Waals surface area contributed by atoms with E-state index in [1.807, 2.05) is 6.92 Å². The molecule has 0 radical (unpaired) electrons. The van der Waals surface area contributed by atoms with Crippen LogP contribution in [0.25, 0.3) is 11.0 Å². The van der Waals surface area contributed by atoms with E-state index >= 15 is 0 Å². The summed E-state index contributed by atoms with van der Waals surface area (Å²) >= 11 is 0. The summed E-state index contributed by atoms with van der Waals surface area (Å²) in [6.45, 7) is 1.93. The first-order valence-corrected chi connectivity index (χ1v) is 7.84. The zero-order valence-electron chi connectivity index (χ0n) is 13.7. The first kappa shape index (κ1) is 17.7. The summed E-state index contributed by atoms with van der Waals surface area (Å²) in [4.78, 5) is 24.5. The molecule has 1 aromatic heterocycles. The molecule has 4 nitrogen and oxygen atoms in total. The molecule has 0 aliphatic carbocycles. The normalized spacial score (nSPS) is 11.5. The van der Waals surface area contributed by atoms with Crippen molar-refractivity contribution in [2.24, 2.45) is 0 Å². The van der Waals surface area contributed by atoms with E-state index in [0.29, 0.717) is 5.39 Å². The Morgan fingerprint density at radius 3 is 2.54 bits per heavy atom. The van der Waals surface area contributed by atoms with Gasteiger partial charge in [-0.2, -0.15) is 13.2 Å². The van der Waals surface area contributed by atoms with E-state index in [0.717, 1.165) is 30.2 Å². The Balaban J connectivity index is 1.98. The van der Waals surface area contributed by atoms with Gasteiger partial charge in [0.15, 0.2) is 11.2 Å². The zero-order valence-corrected chi connectivity index (χ0v) is 13.7. The number of fused-ring (bicyclic) bond motifs is 1. The number of benzene rings is 2. The van der Waals surface area contributed by atoms with Gasteiger partial charge in [-0.3, -0.25) is 9.59 Å². The van der Waals surface area contributed by atoms with Gasteiger partial charge in [0, 0.05) is 6.07 Å². The first-order valence-electron chi connectivity index (χ1n) is 7.84. The van der Waals surface area contributed by atoms with Crippen LogP contribution in [-0.4, -0.2) is 5.91 Å². The molecule has 2 aromatic carbocycles. The lowest BCUT2D eigenvalue weighted by atomic mass is 10.1. The second kappa shape index (κ2) is 6.67. The highest BCUT2D eigenvalue weighted by Crippen LogP contribution is 2.34. The lowest BCUT2D eigenvalue weighted by Crippen LogP contribution is -2.18. The highest BCUT2D eigenvalue weighted by Gasteiger charge is 2.33. The van der Waals surface area contributed by atoms with E-state index in [2.05, 4.69) is 5.32 Å². The number of carbonyl (C=O) groups excluding carboxylic acids is 1. The highest BCUT2D eigenvalue weighted by atomic mass is 19.4. The van der Waals surface area contributed by atoms with Crippen LogP contribution in [0.3, 0.4) is 0 Å². The molecule has 0 aliphatic rings. The third-order valence-electron chi connectivity index (χ3n) is 3.90. The van der Waals surface area contributed by atoms with Crippen molar-refractivity contribution in [2.45, 2.75) is 19.5 Å². The number of rotatable bonds is 3. The predicted octanol–water partition coefficient (Wildman–Crippen LogP) is 4.63. The third kappa shape index (κ3) is 3.46. The van der Waals surface area contributed by atoms with Crippen LogP contribution in [0.1, 0.15) is 28.6 Å². The number of nitrogens with one attached hydrogen (secondary N) is 1. The van der Waals surface area contributed by atoms with Crippen molar-refractivity contribution >= 4 is 22.6 Å². The molecule has 7 heteroatoms. The van der Waals surface area contributed by atoms with Crippen molar-refractivity contribution in [2.75, 3.05) is 5.32 Å². The summed E-state index contributed by atoms with van der Waals surface area (Å²) in [7, 11) is 0. The van der Waals surface area contributed by atoms with Crippen molar-refractivity contribution in [1.29, 1.82) is 0 Å². The molecular weight excluding hydrogens is 347 g/mol. The molecule has 0 atom stereocenters. The van der Waals surface area contributed by atoms with Crippen LogP contribution in [0.2, 0.25) is 0 Å². The summed E-state index contributed by atoms with van der Waals surface area (Å²) in [5.41, 5.74) is -0.695. The van der Waals surface area contributed by atoms with E-state index in [1.165, 1.54) is 12.1 Å². The van der Waals surface area contributed by atoms with E-state index in [1.54, 1.807) is 18.2 Å². The molecule has 0 saturated carbocycles. The molecule has 3 rings (SSSR count). The van der Waals surface area contributed by atoms with Crippen molar-refractivity contribution in [3.8, 4) is 0 Å². The Bertz CT molecular complexity index is 1040. The number of alkyl halides is 3. The Morgan fingerprint density at radius 2 is 1.85 bits per heavy atom. The largest absolute Gasteiger partial charge is 0.451 e. The maximum atomic E-state index is 13.0. The number of carbonyl (C=O) groups is 1. The summed E-state index contributed by atoms with van der Waals surface area (Å²) in [5.74, 6) is -1.29. The summed E-state index contributed by atoms with van der Waals surface area (Å²) in [5, 5.41) is 2.47. The second-order valence-corrected chi connectivity index (χ2v) is 5.66. The molecule has 1 heterocycles. The maximum Gasteiger partial charge on any atom is 0.418 e. The number of aryl methyl sites for hydroxylation is 1. The molecule has 0 spiro atoms. The molecule has 1 amide bonds. The quantitative estimate of drug-likeness (QED) is 0.740. The zero-order chi connectivity index (χ0) is 18.9. The lowest BCUT2D eigenvalue weighted by Gasteiger charge is -2.13. The molecule has 3 aromatic rings. The Hall–Kier alpha value is -3.09. The van der Waals surface area contributed by atoms with Gasteiger partial charge >= 0.3 is 6.18 Å². The fourth-order valence-corrected chi connectivity index (χ4v) is 2.56. The molecule has 0 bridgehead atoms. The van der Waals surface area contributed by atoms with Crippen LogP contribution >= 0.6 is 0 Å². The number of para-hydroxylation sites is 1. The van der Waals surface area contributed by atoms with Crippen LogP contribution in [0.4, 0.5) is 18.9 Å². The monoisotopic (exact) mass is 361 g/mol. The van der Waals surface area contributed by atoms with Gasteiger partial charge in [0.05, 0.1) is 16.6 Å². The Kier molecular flexibility index (Phi) is 4.54. The summed E-state index contributed by atoms with van der Waals surface area (Å²) < 4.78 is 44.5. The van der Waals surface area contributed by atoms with Crippen LogP contribution in [0.5, 0.6) is 0 Å². The van der Waals surface area contributed by atoms with Crippen molar-refractivity contribution < 1.29 is 22.4 Å². The van der Waals surface area contributed by atoms with Gasteiger partial charge in [-0.15, -0.1) is 0 Å². The van der Waals surface area contributed by atoms with Crippen LogP contribution in [0, 0.1) is 0 Å². The van der Waals surface area contributed by atoms with Gasteiger partial charge < -0.3 is 9.73 Å². The molecule has 0 saturated heterocycles. The van der Waals surface area contributed by atoms with Gasteiger partial charge in [0.2, 0.25) is 0 Å². The minimum Gasteiger partial charge on any atom is -0.451 e. The van der Waals surface area contributed by atoms with Gasteiger partial charge in [0.1, 0.15) is 5.58 Å². The fourth-order valence-electron chi connectivity index (χ4n) is 2.56. The Labute approximate surface area is 146 Å². The SMILES string of the molecule is CCc1ccc2oc(C(=O)Nc3ccccc3C(F)(F)F)cc(=O)c2c1. The summed E-state index contributed by atoms with van der Waals surface area (Å²) in [6.07, 6.45) is -3.89. The maximum absolute atomic E-state index is 13.0. The topological polar surface area (TPSA) is 59.3 Å². The number of halogens is 3. The van der Waals surface area contributed by atoms with Crippen molar-refractivity contribution in [3.05, 3.63) is 75.6 Å². The van der Waals surface area contributed by atoms with Crippen LogP contribution in [-0.2, 0) is 12.6 Å². The average Bonchev–Trinajstić information content (AvgIpc) is 2.61. The number of amides is 1. The molecule has 26 heavy (non-hydrogen) atoms. The number of hydrogen-bond acceptors (Lipinski definition) is 3. The van der Waals surface area contributed by atoms with E-state index in [9.17, 15) is 22.8 Å². The standard InChI is InChI=1S/C19H14F3NO3/c1-2-11-7-8-16-12(9-11)15(24)10-17(26-16)18(25)23-14-6-4-3-5-13(14)19(20,21)22/h3-10H,2H2,1H3,(H,23,25). The smallest absolute Gasteiger partial charge is 0.418 e. The minimum atomic E-state index is -4.62. The molecule has 134 valence electrons. The van der Waals surface area contributed by atoms with Crippen molar-refractivity contribution in [1.82, 2.24) is 0 Å². The summed E-state index contributed by atoms with van der Waals surface area (Å²) in [6, 6.07) is 10.6. The number of anilines is 1. The molecule has 0 aliphatic heterocycles.